The Bertz CT molecular complexity index is 1390. The van der Waals surface area contributed by atoms with Gasteiger partial charge >= 0.3 is 6.18 Å². The lowest BCUT2D eigenvalue weighted by atomic mass is 9.97. The fraction of sp³-hybridized carbons (Fsp3) is 0.433. The van der Waals surface area contributed by atoms with Gasteiger partial charge in [0.25, 0.3) is 11.8 Å². The fourth-order valence-corrected chi connectivity index (χ4v) is 6.16. The standard InChI is InChI=1S/C30H33F3N4O3S/c1-20-6-7-25(16-21(20)2)40-18-27(38)36-10-8-22(9-11-36)28-34-26(19-41-28)29(39)37-14-12-35(13-15-37)24-5-3-4-23(17-24)30(31,32)33/h3-7,16-17,19,22H,8-15,18H2,1-2H3. The third-order valence-corrected chi connectivity index (χ3v) is 8.89. The van der Waals surface area contributed by atoms with E-state index in [2.05, 4.69) is 4.98 Å². The highest BCUT2D eigenvalue weighted by Crippen LogP contribution is 2.33. The average molecular weight is 587 g/mol. The van der Waals surface area contributed by atoms with Crippen molar-refractivity contribution in [3.05, 3.63) is 75.2 Å². The predicted octanol–water partition coefficient (Wildman–Crippen LogP) is 5.53. The van der Waals surface area contributed by atoms with Gasteiger partial charge in [-0.2, -0.15) is 13.2 Å². The number of benzene rings is 2. The molecular formula is C30H33F3N4O3S. The zero-order valence-electron chi connectivity index (χ0n) is 23.1. The summed E-state index contributed by atoms with van der Waals surface area (Å²) in [6, 6.07) is 11.1. The first-order chi connectivity index (χ1) is 19.6. The average Bonchev–Trinajstić information content (AvgIpc) is 3.47. The molecule has 2 amide bonds. The van der Waals surface area contributed by atoms with Crippen molar-refractivity contribution in [1.82, 2.24) is 14.8 Å². The molecule has 0 spiro atoms. The number of hydrogen-bond acceptors (Lipinski definition) is 6. The lowest BCUT2D eigenvalue weighted by Crippen LogP contribution is -2.49. The van der Waals surface area contributed by atoms with Gasteiger partial charge in [-0.15, -0.1) is 11.3 Å². The van der Waals surface area contributed by atoms with Crippen LogP contribution < -0.4 is 9.64 Å². The van der Waals surface area contributed by atoms with Gasteiger partial charge < -0.3 is 19.4 Å². The van der Waals surface area contributed by atoms with E-state index >= 15 is 0 Å². The fourth-order valence-electron chi connectivity index (χ4n) is 5.20. The summed E-state index contributed by atoms with van der Waals surface area (Å²) in [6.07, 6.45) is -2.85. The molecule has 7 nitrogen and oxygen atoms in total. The second-order valence-electron chi connectivity index (χ2n) is 10.6. The van der Waals surface area contributed by atoms with Crippen LogP contribution in [-0.4, -0.2) is 72.5 Å². The van der Waals surface area contributed by atoms with Crippen molar-refractivity contribution in [2.24, 2.45) is 0 Å². The quantitative estimate of drug-likeness (QED) is 0.380. The van der Waals surface area contributed by atoms with Crippen molar-refractivity contribution in [3.63, 3.8) is 0 Å². The Labute approximate surface area is 241 Å². The molecule has 3 heterocycles. The first-order valence-electron chi connectivity index (χ1n) is 13.7. The maximum Gasteiger partial charge on any atom is 0.416 e. The second kappa shape index (κ2) is 12.1. The van der Waals surface area contributed by atoms with Crippen LogP contribution in [0.2, 0.25) is 0 Å². The Kier molecular flexibility index (Phi) is 8.53. The van der Waals surface area contributed by atoms with Crippen molar-refractivity contribution in [1.29, 1.82) is 0 Å². The largest absolute Gasteiger partial charge is 0.484 e. The lowest BCUT2D eigenvalue weighted by molar-refractivity contribution is -0.137. The van der Waals surface area contributed by atoms with Crippen LogP contribution in [0.4, 0.5) is 18.9 Å². The number of nitrogens with zero attached hydrogens (tertiary/aromatic N) is 4. The highest BCUT2D eigenvalue weighted by Gasteiger charge is 2.32. The topological polar surface area (TPSA) is 66.0 Å². The Morgan fingerprint density at radius 1 is 0.951 bits per heavy atom. The third kappa shape index (κ3) is 6.83. The molecule has 2 saturated heterocycles. The van der Waals surface area contributed by atoms with Gasteiger partial charge in [0.15, 0.2) is 6.61 Å². The molecule has 0 bridgehead atoms. The normalized spacial score (nSPS) is 16.7. The molecule has 2 aliphatic heterocycles. The minimum Gasteiger partial charge on any atom is -0.484 e. The van der Waals surface area contributed by atoms with Gasteiger partial charge in [0.2, 0.25) is 0 Å². The van der Waals surface area contributed by atoms with E-state index < -0.39 is 11.7 Å². The number of hydrogen-bond donors (Lipinski definition) is 0. The molecule has 1 aromatic heterocycles. The number of aromatic nitrogens is 1. The minimum atomic E-state index is -4.39. The molecule has 11 heteroatoms. The van der Waals surface area contributed by atoms with Gasteiger partial charge in [0.1, 0.15) is 11.4 Å². The number of aryl methyl sites for hydroxylation is 2. The van der Waals surface area contributed by atoms with Crippen LogP contribution in [0, 0.1) is 13.8 Å². The monoisotopic (exact) mass is 586 g/mol. The first-order valence-corrected chi connectivity index (χ1v) is 14.6. The molecule has 0 saturated carbocycles. The molecule has 41 heavy (non-hydrogen) atoms. The highest BCUT2D eigenvalue weighted by atomic mass is 32.1. The number of rotatable bonds is 6. The van der Waals surface area contributed by atoms with Gasteiger partial charge in [-0.1, -0.05) is 12.1 Å². The Balaban J connectivity index is 1.09. The first kappa shape index (κ1) is 28.9. The SMILES string of the molecule is Cc1ccc(OCC(=O)N2CCC(c3nc(C(=O)N4CCN(c5cccc(C(F)(F)F)c5)CC4)cs3)CC2)cc1C. The van der Waals surface area contributed by atoms with E-state index in [1.165, 1.54) is 23.0 Å². The van der Waals surface area contributed by atoms with Crippen LogP contribution in [0.5, 0.6) is 5.75 Å². The summed E-state index contributed by atoms with van der Waals surface area (Å²) in [6.45, 7) is 6.98. The van der Waals surface area contributed by atoms with Crippen molar-refractivity contribution < 1.29 is 27.5 Å². The van der Waals surface area contributed by atoms with Gasteiger partial charge in [0, 0.05) is 56.3 Å². The third-order valence-electron chi connectivity index (χ3n) is 7.88. The van der Waals surface area contributed by atoms with Gasteiger partial charge in [0.05, 0.1) is 10.6 Å². The Morgan fingerprint density at radius 2 is 1.68 bits per heavy atom. The van der Waals surface area contributed by atoms with Crippen LogP contribution in [0.1, 0.15) is 50.9 Å². The Morgan fingerprint density at radius 3 is 2.37 bits per heavy atom. The molecule has 0 unspecified atom stereocenters. The van der Waals surface area contributed by atoms with E-state index in [4.69, 9.17) is 4.74 Å². The summed E-state index contributed by atoms with van der Waals surface area (Å²) in [5, 5.41) is 2.68. The number of carbonyl (C=O) groups is 2. The van der Waals surface area contributed by atoms with Crippen molar-refractivity contribution in [2.75, 3.05) is 50.8 Å². The summed E-state index contributed by atoms with van der Waals surface area (Å²) in [5.74, 6) is 0.672. The van der Waals surface area contributed by atoms with Gasteiger partial charge in [-0.3, -0.25) is 9.59 Å². The van der Waals surface area contributed by atoms with E-state index in [1.807, 2.05) is 41.8 Å². The number of piperidine rings is 1. The Hall–Kier alpha value is -3.60. The molecule has 2 aromatic carbocycles. The molecule has 218 valence electrons. The van der Waals surface area contributed by atoms with Crippen LogP contribution in [-0.2, 0) is 11.0 Å². The van der Waals surface area contributed by atoms with Crippen LogP contribution in [0.25, 0.3) is 0 Å². The zero-order chi connectivity index (χ0) is 29.1. The van der Waals surface area contributed by atoms with Crippen LogP contribution in [0.15, 0.2) is 47.8 Å². The van der Waals surface area contributed by atoms with E-state index in [9.17, 15) is 22.8 Å². The van der Waals surface area contributed by atoms with Crippen LogP contribution in [0.3, 0.4) is 0 Å². The van der Waals surface area contributed by atoms with Gasteiger partial charge in [-0.25, -0.2) is 4.98 Å². The van der Waals surface area contributed by atoms with Crippen molar-refractivity contribution in [2.45, 2.75) is 38.8 Å². The highest BCUT2D eigenvalue weighted by molar-refractivity contribution is 7.09. The maximum absolute atomic E-state index is 13.1. The number of ether oxygens (including phenoxy) is 1. The molecular weight excluding hydrogens is 553 g/mol. The number of carbonyl (C=O) groups excluding carboxylic acids is 2. The second-order valence-corrected chi connectivity index (χ2v) is 11.5. The molecule has 2 aliphatic rings. The number of piperazine rings is 1. The van der Waals surface area contributed by atoms with E-state index in [0.29, 0.717) is 56.4 Å². The van der Waals surface area contributed by atoms with Gasteiger partial charge in [-0.05, 0) is 68.1 Å². The maximum atomic E-state index is 13.1. The zero-order valence-corrected chi connectivity index (χ0v) is 23.9. The molecule has 0 atom stereocenters. The number of anilines is 1. The summed E-state index contributed by atoms with van der Waals surface area (Å²) >= 11 is 1.47. The molecule has 0 aliphatic carbocycles. The number of halogens is 3. The van der Waals surface area contributed by atoms with Crippen LogP contribution >= 0.6 is 11.3 Å². The lowest BCUT2D eigenvalue weighted by Gasteiger charge is -2.36. The van der Waals surface area contributed by atoms with E-state index in [1.54, 1.807) is 16.3 Å². The predicted molar refractivity (Wildman–Crippen MR) is 152 cm³/mol. The number of likely N-dealkylation sites (tertiary alicyclic amines) is 1. The molecule has 0 radical (unpaired) electrons. The molecule has 3 aromatic rings. The summed E-state index contributed by atoms with van der Waals surface area (Å²) in [7, 11) is 0. The minimum absolute atomic E-state index is 0.00406. The molecule has 0 N–H and O–H groups in total. The summed E-state index contributed by atoms with van der Waals surface area (Å²) in [5.41, 5.74) is 2.52. The molecule has 5 rings (SSSR count). The van der Waals surface area contributed by atoms with E-state index in [0.717, 1.165) is 35.5 Å². The summed E-state index contributed by atoms with van der Waals surface area (Å²) < 4.78 is 45.0. The van der Waals surface area contributed by atoms with E-state index in [-0.39, 0.29) is 24.3 Å². The summed E-state index contributed by atoms with van der Waals surface area (Å²) in [4.78, 5) is 35.9. The number of amides is 2. The molecule has 2 fully saturated rings. The number of alkyl halides is 3. The van der Waals surface area contributed by atoms with Crippen molar-refractivity contribution in [3.8, 4) is 5.75 Å². The van der Waals surface area contributed by atoms with Crippen molar-refractivity contribution >= 4 is 28.8 Å². The number of thiazole rings is 1. The smallest absolute Gasteiger partial charge is 0.416 e.